The molecule has 0 radical (unpaired) electrons. The van der Waals surface area contributed by atoms with Gasteiger partial charge in [0.25, 0.3) is 11.8 Å². The fraction of sp³-hybridized carbons (Fsp3) is 0.222. The van der Waals surface area contributed by atoms with Gasteiger partial charge in [0.05, 0.1) is 22.4 Å². The molecule has 10 heteroatoms. The molecule has 1 heterocycles. The van der Waals surface area contributed by atoms with Gasteiger partial charge in [0.1, 0.15) is 0 Å². The maximum Gasteiger partial charge on any atom is 0.316 e. The van der Waals surface area contributed by atoms with Crippen LogP contribution in [0.5, 0.6) is 0 Å². The molecule has 1 fully saturated rings. The highest BCUT2D eigenvalue weighted by molar-refractivity contribution is 7.08. The Morgan fingerprint density at radius 2 is 1.43 bits per heavy atom. The van der Waals surface area contributed by atoms with E-state index in [0.29, 0.717) is 24.1 Å². The smallest absolute Gasteiger partial charge is 0.316 e. The van der Waals surface area contributed by atoms with Gasteiger partial charge in [-0.3, -0.25) is 14.4 Å². The molecule has 1 aliphatic carbocycles. The Morgan fingerprint density at radius 3 is 2.04 bits per heavy atom. The van der Waals surface area contributed by atoms with E-state index in [0.717, 1.165) is 0 Å². The molecule has 2 aromatic rings. The molecule has 1 aliphatic rings. The van der Waals surface area contributed by atoms with Gasteiger partial charge in [-0.1, -0.05) is 12.1 Å². The number of carbonyl (C=O) groups excluding carboxylic acids is 4. The number of hydrogen-bond acceptors (Lipinski definition) is 5. The SMILES string of the molecule is NC(=O)Nc1ccccc1C(=O)NC1CC(NC(=O)c2cscc2C(N)=O)C1. The molecular weight excluding hydrogens is 382 g/mol. The lowest BCUT2D eigenvalue weighted by Crippen LogP contribution is -2.53. The number of nitrogens with two attached hydrogens (primary N) is 2. The van der Waals surface area contributed by atoms with E-state index in [1.54, 1.807) is 35.0 Å². The van der Waals surface area contributed by atoms with Crippen molar-refractivity contribution in [2.75, 3.05) is 5.32 Å². The summed E-state index contributed by atoms with van der Waals surface area (Å²) < 4.78 is 0. The van der Waals surface area contributed by atoms with Crippen LogP contribution in [-0.2, 0) is 0 Å². The average Bonchev–Trinajstić information content (AvgIpc) is 3.09. The summed E-state index contributed by atoms with van der Waals surface area (Å²) in [4.78, 5) is 47.1. The first kappa shape index (κ1) is 19.4. The Balaban J connectivity index is 1.53. The number of benzene rings is 1. The minimum atomic E-state index is -0.754. The van der Waals surface area contributed by atoms with Crippen LogP contribution in [0, 0.1) is 0 Å². The Morgan fingerprint density at radius 1 is 0.857 bits per heavy atom. The van der Waals surface area contributed by atoms with Crippen molar-refractivity contribution in [3.63, 3.8) is 0 Å². The maximum atomic E-state index is 12.4. The molecule has 0 unspecified atom stereocenters. The number of rotatable bonds is 6. The zero-order valence-corrected chi connectivity index (χ0v) is 15.5. The molecule has 1 saturated carbocycles. The third kappa shape index (κ3) is 4.29. The highest BCUT2D eigenvalue weighted by Crippen LogP contribution is 2.23. The number of anilines is 1. The first-order valence-electron chi connectivity index (χ1n) is 8.48. The summed E-state index contributed by atoms with van der Waals surface area (Å²) in [5.41, 5.74) is 11.5. The Labute approximate surface area is 164 Å². The number of amides is 5. The lowest BCUT2D eigenvalue weighted by molar-refractivity contribution is 0.0857. The number of carbonyl (C=O) groups is 4. The molecule has 1 aromatic heterocycles. The first-order valence-corrected chi connectivity index (χ1v) is 9.42. The quantitative estimate of drug-likeness (QED) is 0.490. The topological polar surface area (TPSA) is 156 Å². The van der Waals surface area contributed by atoms with Crippen molar-refractivity contribution in [1.82, 2.24) is 10.6 Å². The highest BCUT2D eigenvalue weighted by atomic mass is 32.1. The molecule has 0 atom stereocenters. The van der Waals surface area contributed by atoms with Crippen molar-refractivity contribution in [3.8, 4) is 0 Å². The summed E-state index contributed by atoms with van der Waals surface area (Å²) >= 11 is 1.23. The van der Waals surface area contributed by atoms with Crippen LogP contribution in [0.4, 0.5) is 10.5 Å². The number of thiophene rings is 1. The molecule has 0 spiro atoms. The van der Waals surface area contributed by atoms with Crippen molar-refractivity contribution in [2.24, 2.45) is 11.5 Å². The van der Waals surface area contributed by atoms with Gasteiger partial charge in [-0.05, 0) is 25.0 Å². The molecule has 5 amide bonds. The van der Waals surface area contributed by atoms with Crippen molar-refractivity contribution in [1.29, 1.82) is 0 Å². The molecule has 28 heavy (non-hydrogen) atoms. The van der Waals surface area contributed by atoms with Gasteiger partial charge >= 0.3 is 6.03 Å². The van der Waals surface area contributed by atoms with E-state index in [2.05, 4.69) is 16.0 Å². The maximum absolute atomic E-state index is 12.4. The molecule has 7 N–H and O–H groups in total. The monoisotopic (exact) mass is 401 g/mol. The van der Waals surface area contributed by atoms with Gasteiger partial charge in [-0.15, -0.1) is 0 Å². The number of para-hydroxylation sites is 1. The van der Waals surface area contributed by atoms with Crippen molar-refractivity contribution >= 4 is 40.8 Å². The van der Waals surface area contributed by atoms with Crippen LogP contribution in [0.2, 0.25) is 0 Å². The summed E-state index contributed by atoms with van der Waals surface area (Å²) in [6.07, 6.45) is 1.11. The second-order valence-corrected chi connectivity index (χ2v) is 7.15. The van der Waals surface area contributed by atoms with E-state index in [1.807, 2.05) is 0 Å². The predicted molar refractivity (Wildman–Crippen MR) is 104 cm³/mol. The van der Waals surface area contributed by atoms with E-state index >= 15 is 0 Å². The lowest BCUT2D eigenvalue weighted by atomic mass is 9.86. The third-order valence-corrected chi connectivity index (χ3v) is 5.15. The van der Waals surface area contributed by atoms with E-state index in [-0.39, 0.29) is 35.0 Å². The number of primary amides is 2. The van der Waals surface area contributed by atoms with Crippen LogP contribution < -0.4 is 27.4 Å². The van der Waals surface area contributed by atoms with Crippen molar-refractivity contribution in [2.45, 2.75) is 24.9 Å². The van der Waals surface area contributed by atoms with Crippen LogP contribution in [0.1, 0.15) is 43.9 Å². The summed E-state index contributed by atoms with van der Waals surface area (Å²) in [5.74, 6) is -1.35. The first-order chi connectivity index (χ1) is 13.3. The molecule has 0 aliphatic heterocycles. The number of urea groups is 1. The lowest BCUT2D eigenvalue weighted by Gasteiger charge is -2.36. The van der Waals surface area contributed by atoms with Crippen LogP contribution in [-0.4, -0.2) is 35.8 Å². The van der Waals surface area contributed by atoms with Crippen LogP contribution >= 0.6 is 11.3 Å². The molecule has 3 rings (SSSR count). The molecule has 0 saturated heterocycles. The summed E-state index contributed by atoms with van der Waals surface area (Å²) in [5, 5.41) is 11.2. The minimum Gasteiger partial charge on any atom is -0.366 e. The fourth-order valence-electron chi connectivity index (χ4n) is 2.97. The number of nitrogens with one attached hydrogen (secondary N) is 3. The number of hydrogen-bond donors (Lipinski definition) is 5. The summed E-state index contributed by atoms with van der Waals surface area (Å²) in [6.45, 7) is 0. The van der Waals surface area contributed by atoms with Crippen LogP contribution in [0.3, 0.4) is 0 Å². The summed E-state index contributed by atoms with van der Waals surface area (Å²) in [7, 11) is 0. The Hall–Kier alpha value is -3.40. The van der Waals surface area contributed by atoms with Gasteiger partial charge in [0.2, 0.25) is 5.91 Å². The normalized spacial score (nSPS) is 17.9. The van der Waals surface area contributed by atoms with Gasteiger partial charge in [-0.25, -0.2) is 4.79 Å². The standard InChI is InChI=1S/C18H19N5O4S/c19-15(24)12-7-28-8-13(12)17(26)22-10-5-9(6-10)21-16(25)11-3-1-2-4-14(11)23-18(20)27/h1-4,7-10H,5-6H2,(H2,19,24)(H,21,25)(H,22,26)(H3,20,23,27). The van der Waals surface area contributed by atoms with Crippen molar-refractivity contribution in [3.05, 3.63) is 51.7 Å². The molecule has 9 nitrogen and oxygen atoms in total. The largest absolute Gasteiger partial charge is 0.366 e. The predicted octanol–water partition coefficient (Wildman–Crippen LogP) is 1.03. The fourth-order valence-corrected chi connectivity index (χ4v) is 3.78. The zero-order valence-electron chi connectivity index (χ0n) is 14.7. The Kier molecular flexibility index (Phi) is 5.59. The van der Waals surface area contributed by atoms with Crippen LogP contribution in [0.15, 0.2) is 35.0 Å². The summed E-state index contributed by atoms with van der Waals surface area (Å²) in [6, 6.07) is 5.55. The molecule has 0 bridgehead atoms. The van der Waals surface area contributed by atoms with Gasteiger partial charge < -0.3 is 27.4 Å². The zero-order chi connectivity index (χ0) is 20.3. The van der Waals surface area contributed by atoms with Gasteiger partial charge in [0.15, 0.2) is 0 Å². The van der Waals surface area contributed by atoms with Gasteiger partial charge in [-0.2, -0.15) is 11.3 Å². The van der Waals surface area contributed by atoms with E-state index in [1.165, 1.54) is 11.3 Å². The third-order valence-electron chi connectivity index (χ3n) is 4.41. The van der Waals surface area contributed by atoms with E-state index in [4.69, 9.17) is 11.5 Å². The Bertz CT molecular complexity index is 936. The average molecular weight is 401 g/mol. The molecule has 146 valence electrons. The second-order valence-electron chi connectivity index (χ2n) is 6.41. The van der Waals surface area contributed by atoms with Crippen molar-refractivity contribution < 1.29 is 19.2 Å². The highest BCUT2D eigenvalue weighted by Gasteiger charge is 2.32. The molecular formula is C18H19N5O4S. The second kappa shape index (κ2) is 8.09. The van der Waals surface area contributed by atoms with Gasteiger partial charge in [0, 0.05) is 22.8 Å². The van der Waals surface area contributed by atoms with Crippen LogP contribution in [0.25, 0.3) is 0 Å². The van der Waals surface area contributed by atoms with E-state index in [9.17, 15) is 19.2 Å². The molecule has 1 aromatic carbocycles. The van der Waals surface area contributed by atoms with E-state index < -0.39 is 11.9 Å². The minimum absolute atomic E-state index is 0.113.